The molecule has 0 saturated heterocycles. The van der Waals surface area contributed by atoms with Crippen molar-refractivity contribution in [2.24, 2.45) is 0 Å². The summed E-state index contributed by atoms with van der Waals surface area (Å²) >= 11 is 3.22. The average molecular weight is 457 g/mol. The molecular formula is C18H21BrN2O5S. The number of hydrogen-bond donors (Lipinski definition) is 1. The number of amides is 1. The van der Waals surface area contributed by atoms with Crippen LogP contribution in [0.3, 0.4) is 0 Å². The number of nitrogens with zero attached hydrogens (tertiary/aromatic N) is 1. The van der Waals surface area contributed by atoms with E-state index in [-0.39, 0.29) is 29.5 Å². The highest BCUT2D eigenvalue weighted by Crippen LogP contribution is 2.26. The average Bonchev–Trinajstić information content (AvgIpc) is 2.65. The molecule has 2 aromatic rings. The zero-order chi connectivity index (χ0) is 20.0. The highest BCUT2D eigenvalue weighted by Gasteiger charge is 2.22. The first-order valence-corrected chi connectivity index (χ1v) is 10.3. The molecule has 0 heterocycles. The van der Waals surface area contributed by atoms with Crippen LogP contribution >= 0.6 is 15.9 Å². The van der Waals surface area contributed by atoms with E-state index in [2.05, 4.69) is 21.2 Å². The number of benzene rings is 2. The van der Waals surface area contributed by atoms with Crippen LogP contribution in [-0.4, -0.2) is 53.0 Å². The maximum Gasteiger partial charge on any atom is 0.251 e. The molecule has 27 heavy (non-hydrogen) atoms. The molecule has 0 bridgehead atoms. The van der Waals surface area contributed by atoms with E-state index in [0.29, 0.717) is 16.0 Å². The molecule has 1 amide bonds. The number of sulfonamides is 1. The van der Waals surface area contributed by atoms with E-state index in [1.807, 2.05) is 12.1 Å². The van der Waals surface area contributed by atoms with Gasteiger partial charge in [-0.1, -0.05) is 12.1 Å². The third-order valence-corrected chi connectivity index (χ3v) is 6.48. The normalized spacial score (nSPS) is 11.3. The Morgan fingerprint density at radius 3 is 2.44 bits per heavy atom. The van der Waals surface area contributed by atoms with Gasteiger partial charge in [0, 0.05) is 24.1 Å². The fraction of sp³-hybridized carbons (Fsp3) is 0.278. The van der Waals surface area contributed by atoms with Gasteiger partial charge in [-0.3, -0.25) is 4.79 Å². The molecular weight excluding hydrogens is 436 g/mol. The van der Waals surface area contributed by atoms with E-state index in [0.717, 1.165) is 4.31 Å². The molecule has 7 nitrogen and oxygen atoms in total. The molecule has 0 unspecified atom stereocenters. The van der Waals surface area contributed by atoms with Crippen molar-refractivity contribution in [3.05, 3.63) is 52.5 Å². The van der Waals surface area contributed by atoms with Crippen molar-refractivity contribution in [1.29, 1.82) is 0 Å². The van der Waals surface area contributed by atoms with Gasteiger partial charge in [-0.2, -0.15) is 0 Å². The predicted molar refractivity (Wildman–Crippen MR) is 106 cm³/mol. The van der Waals surface area contributed by atoms with Crippen molar-refractivity contribution in [2.45, 2.75) is 4.90 Å². The van der Waals surface area contributed by atoms with Crippen molar-refractivity contribution in [3.63, 3.8) is 0 Å². The summed E-state index contributed by atoms with van der Waals surface area (Å²) in [6.45, 7) is 0.494. The summed E-state index contributed by atoms with van der Waals surface area (Å²) in [4.78, 5) is 12.4. The van der Waals surface area contributed by atoms with Gasteiger partial charge in [0.25, 0.3) is 5.91 Å². The number of para-hydroxylation sites is 2. The van der Waals surface area contributed by atoms with Gasteiger partial charge < -0.3 is 14.8 Å². The van der Waals surface area contributed by atoms with Gasteiger partial charge >= 0.3 is 0 Å². The number of carbonyl (C=O) groups is 1. The first-order valence-electron chi connectivity index (χ1n) is 8.03. The van der Waals surface area contributed by atoms with E-state index in [9.17, 15) is 13.2 Å². The van der Waals surface area contributed by atoms with E-state index < -0.39 is 10.0 Å². The lowest BCUT2D eigenvalue weighted by Crippen LogP contribution is -2.29. The van der Waals surface area contributed by atoms with Crippen molar-refractivity contribution >= 4 is 31.9 Å². The first-order chi connectivity index (χ1) is 12.8. The Kier molecular flexibility index (Phi) is 7.23. The molecule has 0 spiro atoms. The van der Waals surface area contributed by atoms with Crippen LogP contribution in [0, 0.1) is 0 Å². The lowest BCUT2D eigenvalue weighted by molar-refractivity contribution is 0.0946. The number of rotatable bonds is 8. The van der Waals surface area contributed by atoms with Gasteiger partial charge in [0.15, 0.2) is 11.5 Å². The maximum atomic E-state index is 12.3. The molecule has 0 aliphatic heterocycles. The molecule has 2 rings (SSSR count). The minimum atomic E-state index is -3.66. The monoisotopic (exact) mass is 456 g/mol. The van der Waals surface area contributed by atoms with Crippen LogP contribution < -0.4 is 14.8 Å². The molecule has 2 aromatic carbocycles. The zero-order valence-electron chi connectivity index (χ0n) is 15.2. The van der Waals surface area contributed by atoms with E-state index in [4.69, 9.17) is 9.47 Å². The standard InChI is InChI=1S/C18H21BrN2O5S/c1-21(2)27(23,24)17-12-13(8-9-14(17)19)18(22)20-10-11-26-16-7-5-4-6-15(16)25-3/h4-9,12H,10-11H2,1-3H3,(H,20,22). The van der Waals surface area contributed by atoms with Gasteiger partial charge in [0.2, 0.25) is 10.0 Å². The lowest BCUT2D eigenvalue weighted by Gasteiger charge is -2.14. The predicted octanol–water partition coefficient (Wildman–Crippen LogP) is 2.52. The molecule has 0 fully saturated rings. The van der Waals surface area contributed by atoms with Crippen molar-refractivity contribution in [3.8, 4) is 11.5 Å². The Bertz CT molecular complexity index is 916. The smallest absolute Gasteiger partial charge is 0.251 e. The molecule has 9 heteroatoms. The van der Waals surface area contributed by atoms with Crippen LogP contribution in [0.5, 0.6) is 11.5 Å². The summed E-state index contributed by atoms with van der Waals surface area (Å²) < 4.78 is 36.9. The molecule has 0 aliphatic rings. The Morgan fingerprint density at radius 1 is 1.15 bits per heavy atom. The van der Waals surface area contributed by atoms with Crippen LogP contribution in [0.4, 0.5) is 0 Å². The second-order valence-corrected chi connectivity index (χ2v) is 8.66. The van der Waals surface area contributed by atoms with Gasteiger partial charge in [-0.05, 0) is 46.3 Å². The second kappa shape index (κ2) is 9.20. The number of methoxy groups -OCH3 is 1. The van der Waals surface area contributed by atoms with Crippen LogP contribution in [0.1, 0.15) is 10.4 Å². The topological polar surface area (TPSA) is 84.9 Å². The SMILES string of the molecule is COc1ccccc1OCCNC(=O)c1ccc(Br)c(S(=O)(=O)N(C)C)c1. The molecule has 0 atom stereocenters. The summed E-state index contributed by atoms with van der Waals surface area (Å²) in [6, 6.07) is 11.6. The first kappa shape index (κ1) is 21.2. The summed E-state index contributed by atoms with van der Waals surface area (Å²) in [7, 11) is 0.756. The van der Waals surface area contributed by atoms with Crippen LogP contribution in [0.15, 0.2) is 51.8 Å². The Labute approximate surface area is 167 Å². The third-order valence-electron chi connectivity index (χ3n) is 3.67. The Hall–Kier alpha value is -2.10. The number of nitrogens with one attached hydrogen (secondary N) is 1. The largest absolute Gasteiger partial charge is 0.493 e. The molecule has 146 valence electrons. The summed E-state index contributed by atoms with van der Waals surface area (Å²) in [5, 5.41) is 2.71. The summed E-state index contributed by atoms with van der Waals surface area (Å²) in [5.74, 6) is 0.800. The molecule has 1 N–H and O–H groups in total. The van der Waals surface area contributed by atoms with Gasteiger partial charge in [0.05, 0.1) is 18.6 Å². The minimum Gasteiger partial charge on any atom is -0.493 e. The van der Waals surface area contributed by atoms with Crippen molar-refractivity contribution in [2.75, 3.05) is 34.4 Å². The van der Waals surface area contributed by atoms with Crippen LogP contribution in [-0.2, 0) is 10.0 Å². The van der Waals surface area contributed by atoms with Gasteiger partial charge in [-0.25, -0.2) is 12.7 Å². The van der Waals surface area contributed by atoms with Gasteiger partial charge in [0.1, 0.15) is 6.61 Å². The van der Waals surface area contributed by atoms with Crippen molar-refractivity contribution < 1.29 is 22.7 Å². The minimum absolute atomic E-state index is 0.0328. The highest BCUT2D eigenvalue weighted by atomic mass is 79.9. The zero-order valence-corrected chi connectivity index (χ0v) is 17.6. The van der Waals surface area contributed by atoms with Crippen molar-refractivity contribution in [1.82, 2.24) is 9.62 Å². The third kappa shape index (κ3) is 5.21. The van der Waals surface area contributed by atoms with E-state index in [1.54, 1.807) is 25.3 Å². The molecule has 0 saturated carbocycles. The number of halogens is 1. The number of hydrogen-bond acceptors (Lipinski definition) is 5. The second-order valence-electron chi connectivity index (χ2n) is 5.69. The molecule has 0 aromatic heterocycles. The number of carbonyl (C=O) groups excluding carboxylic acids is 1. The quantitative estimate of drug-likeness (QED) is 0.616. The maximum absolute atomic E-state index is 12.3. The van der Waals surface area contributed by atoms with E-state index >= 15 is 0 Å². The lowest BCUT2D eigenvalue weighted by atomic mass is 10.2. The van der Waals surface area contributed by atoms with Crippen LogP contribution in [0.2, 0.25) is 0 Å². The van der Waals surface area contributed by atoms with Crippen LogP contribution in [0.25, 0.3) is 0 Å². The highest BCUT2D eigenvalue weighted by molar-refractivity contribution is 9.10. The summed E-state index contributed by atoms with van der Waals surface area (Å²) in [6.07, 6.45) is 0. The Balaban J connectivity index is 2.00. The summed E-state index contributed by atoms with van der Waals surface area (Å²) in [5.41, 5.74) is 0.246. The fourth-order valence-electron chi connectivity index (χ4n) is 2.20. The van der Waals surface area contributed by atoms with Gasteiger partial charge in [-0.15, -0.1) is 0 Å². The molecule has 0 radical (unpaired) electrons. The number of ether oxygens (including phenoxy) is 2. The Morgan fingerprint density at radius 2 is 1.81 bits per heavy atom. The van der Waals surface area contributed by atoms with E-state index in [1.165, 1.54) is 26.2 Å². The molecule has 0 aliphatic carbocycles. The fourth-order valence-corrected chi connectivity index (χ4v) is 4.05.